The van der Waals surface area contributed by atoms with Crippen LogP contribution in [0.2, 0.25) is 10.0 Å². The molecule has 3 aromatic rings. The predicted molar refractivity (Wildman–Crippen MR) is 87.3 cm³/mol. The van der Waals surface area contributed by atoms with Gasteiger partial charge >= 0.3 is 0 Å². The minimum atomic E-state index is 0.748. The number of rotatable bonds is 2. The Hall–Kier alpha value is -1.76. The molecule has 0 heterocycles. The molecule has 0 aliphatic carbocycles. The highest BCUT2D eigenvalue weighted by molar-refractivity contribution is 6.33. The van der Waals surface area contributed by atoms with Crippen LogP contribution in [0, 0.1) is 0 Å². The molecule has 3 aromatic carbocycles. The Morgan fingerprint density at radius 3 is 1.95 bits per heavy atom. The molecule has 0 aromatic heterocycles. The fourth-order valence-corrected chi connectivity index (χ4v) is 2.64. The van der Waals surface area contributed by atoms with Crippen molar-refractivity contribution < 1.29 is 0 Å². The highest BCUT2D eigenvalue weighted by atomic mass is 35.5. The molecule has 0 aliphatic heterocycles. The molecular weight excluding hydrogens is 287 g/mol. The van der Waals surface area contributed by atoms with Crippen molar-refractivity contribution in [1.29, 1.82) is 0 Å². The van der Waals surface area contributed by atoms with E-state index < -0.39 is 0 Å². The lowest BCUT2D eigenvalue weighted by Crippen LogP contribution is -1.81. The summed E-state index contributed by atoms with van der Waals surface area (Å²) >= 11 is 12.2. The maximum Gasteiger partial charge on any atom is 0.0484 e. The van der Waals surface area contributed by atoms with E-state index in [2.05, 4.69) is 30.3 Å². The van der Waals surface area contributed by atoms with Crippen LogP contribution in [0.1, 0.15) is 0 Å². The van der Waals surface area contributed by atoms with Gasteiger partial charge in [-0.2, -0.15) is 0 Å². The summed E-state index contributed by atoms with van der Waals surface area (Å²) in [6.07, 6.45) is 0. The highest BCUT2D eigenvalue weighted by Gasteiger charge is 2.03. The summed E-state index contributed by atoms with van der Waals surface area (Å²) in [5.41, 5.74) is 4.42. The van der Waals surface area contributed by atoms with Crippen molar-refractivity contribution >= 4 is 23.2 Å². The highest BCUT2D eigenvalue weighted by Crippen LogP contribution is 2.30. The van der Waals surface area contributed by atoms with Gasteiger partial charge < -0.3 is 0 Å². The molecule has 3 rings (SSSR count). The summed E-state index contributed by atoms with van der Waals surface area (Å²) in [5, 5.41) is 1.51. The monoisotopic (exact) mass is 298 g/mol. The van der Waals surface area contributed by atoms with Gasteiger partial charge in [-0.1, -0.05) is 77.8 Å². The van der Waals surface area contributed by atoms with Gasteiger partial charge in [0.2, 0.25) is 0 Å². The van der Waals surface area contributed by atoms with E-state index in [0.29, 0.717) is 0 Å². The van der Waals surface area contributed by atoms with Gasteiger partial charge in [0.25, 0.3) is 0 Å². The largest absolute Gasteiger partial charge is 0.0843 e. The molecule has 0 bridgehead atoms. The van der Waals surface area contributed by atoms with Crippen LogP contribution >= 0.6 is 23.2 Å². The van der Waals surface area contributed by atoms with Crippen LogP contribution in [0.4, 0.5) is 0 Å². The van der Waals surface area contributed by atoms with Gasteiger partial charge in [0.1, 0.15) is 0 Å². The Morgan fingerprint density at radius 1 is 0.550 bits per heavy atom. The molecule has 2 heteroatoms. The van der Waals surface area contributed by atoms with Crippen molar-refractivity contribution in [3.05, 3.63) is 82.8 Å². The Bertz CT molecular complexity index is 730. The summed E-state index contributed by atoms with van der Waals surface area (Å²) < 4.78 is 0. The van der Waals surface area contributed by atoms with E-state index in [1.54, 1.807) is 0 Å². The van der Waals surface area contributed by atoms with Crippen molar-refractivity contribution in [2.75, 3.05) is 0 Å². The second-order valence-corrected chi connectivity index (χ2v) is 5.41. The predicted octanol–water partition coefficient (Wildman–Crippen LogP) is 6.33. The number of hydrogen-bond acceptors (Lipinski definition) is 0. The molecule has 0 amide bonds. The first kappa shape index (κ1) is 13.2. The lowest BCUT2D eigenvalue weighted by atomic mass is 10.0. The van der Waals surface area contributed by atoms with Gasteiger partial charge in [-0.05, 0) is 34.9 Å². The van der Waals surface area contributed by atoms with Crippen molar-refractivity contribution in [3.63, 3.8) is 0 Å². The van der Waals surface area contributed by atoms with E-state index in [0.717, 1.165) is 32.3 Å². The summed E-state index contributed by atoms with van der Waals surface area (Å²) in [5.74, 6) is 0. The van der Waals surface area contributed by atoms with Crippen molar-refractivity contribution in [2.24, 2.45) is 0 Å². The third kappa shape index (κ3) is 2.72. The van der Waals surface area contributed by atoms with Crippen LogP contribution < -0.4 is 0 Å². The van der Waals surface area contributed by atoms with Crippen molar-refractivity contribution in [3.8, 4) is 22.3 Å². The SMILES string of the molecule is Clc1cccc(-c2ccc(-c3ccccc3Cl)cc2)c1. The smallest absolute Gasteiger partial charge is 0.0484 e. The van der Waals surface area contributed by atoms with Crippen LogP contribution in [-0.2, 0) is 0 Å². The first-order valence-corrected chi connectivity index (χ1v) is 7.10. The third-order valence-corrected chi connectivity index (χ3v) is 3.79. The van der Waals surface area contributed by atoms with Crippen LogP contribution in [0.25, 0.3) is 22.3 Å². The van der Waals surface area contributed by atoms with E-state index in [4.69, 9.17) is 23.2 Å². The van der Waals surface area contributed by atoms with Gasteiger partial charge in [-0.15, -0.1) is 0 Å². The minimum absolute atomic E-state index is 0.748. The van der Waals surface area contributed by atoms with E-state index in [1.807, 2.05) is 42.5 Å². The van der Waals surface area contributed by atoms with Crippen LogP contribution in [0.3, 0.4) is 0 Å². The maximum absolute atomic E-state index is 6.22. The standard InChI is InChI=1S/C18H12Cl2/c19-16-5-3-4-15(12-16)13-8-10-14(11-9-13)17-6-1-2-7-18(17)20/h1-12H. The normalized spacial score (nSPS) is 10.5. The van der Waals surface area contributed by atoms with E-state index >= 15 is 0 Å². The zero-order valence-corrected chi connectivity index (χ0v) is 12.2. The van der Waals surface area contributed by atoms with Gasteiger partial charge in [-0.25, -0.2) is 0 Å². The molecule has 0 unspecified atom stereocenters. The maximum atomic E-state index is 6.22. The average molecular weight is 299 g/mol. The van der Waals surface area contributed by atoms with E-state index in [9.17, 15) is 0 Å². The second kappa shape index (κ2) is 5.70. The Kier molecular flexibility index (Phi) is 3.77. The molecular formula is C18H12Cl2. The Labute approximate surface area is 128 Å². The number of hydrogen-bond donors (Lipinski definition) is 0. The third-order valence-electron chi connectivity index (χ3n) is 3.23. The van der Waals surface area contributed by atoms with Gasteiger partial charge in [-0.3, -0.25) is 0 Å². The van der Waals surface area contributed by atoms with Crippen molar-refractivity contribution in [1.82, 2.24) is 0 Å². The molecule has 0 nitrogen and oxygen atoms in total. The van der Waals surface area contributed by atoms with Crippen LogP contribution in [0.5, 0.6) is 0 Å². The van der Waals surface area contributed by atoms with Crippen molar-refractivity contribution in [2.45, 2.75) is 0 Å². The van der Waals surface area contributed by atoms with Crippen LogP contribution in [-0.4, -0.2) is 0 Å². The molecule has 0 saturated carbocycles. The topological polar surface area (TPSA) is 0 Å². The fraction of sp³-hybridized carbons (Fsp3) is 0. The molecule has 0 atom stereocenters. The zero-order chi connectivity index (χ0) is 13.9. The Balaban J connectivity index is 1.98. The summed E-state index contributed by atoms with van der Waals surface area (Å²) in [7, 11) is 0. The molecule has 0 spiro atoms. The molecule has 20 heavy (non-hydrogen) atoms. The lowest BCUT2D eigenvalue weighted by Gasteiger charge is -2.06. The van der Waals surface area contributed by atoms with Crippen LogP contribution in [0.15, 0.2) is 72.8 Å². The average Bonchev–Trinajstić information content (AvgIpc) is 2.48. The second-order valence-electron chi connectivity index (χ2n) is 4.57. The summed E-state index contributed by atoms with van der Waals surface area (Å²) in [4.78, 5) is 0. The van der Waals surface area contributed by atoms with Gasteiger partial charge in [0.05, 0.1) is 0 Å². The van der Waals surface area contributed by atoms with E-state index in [1.165, 1.54) is 0 Å². The molecule has 98 valence electrons. The fourth-order valence-electron chi connectivity index (χ4n) is 2.21. The minimum Gasteiger partial charge on any atom is -0.0843 e. The molecule has 0 saturated heterocycles. The van der Waals surface area contributed by atoms with E-state index in [-0.39, 0.29) is 0 Å². The molecule has 0 N–H and O–H groups in total. The first-order valence-electron chi connectivity index (χ1n) is 6.35. The van der Waals surface area contributed by atoms with Gasteiger partial charge in [0.15, 0.2) is 0 Å². The molecule has 0 aliphatic rings. The molecule has 0 radical (unpaired) electrons. The number of benzene rings is 3. The Morgan fingerprint density at radius 2 is 1.25 bits per heavy atom. The summed E-state index contributed by atoms with van der Waals surface area (Å²) in [6, 6.07) is 24.0. The first-order chi connectivity index (χ1) is 9.74. The van der Waals surface area contributed by atoms with Gasteiger partial charge in [0, 0.05) is 15.6 Å². The zero-order valence-electron chi connectivity index (χ0n) is 10.7. The number of halogens is 2. The molecule has 0 fully saturated rings. The quantitative estimate of drug-likeness (QED) is 0.519. The summed E-state index contributed by atoms with van der Waals surface area (Å²) in [6.45, 7) is 0. The lowest BCUT2D eigenvalue weighted by molar-refractivity contribution is 1.59.